The highest BCUT2D eigenvalue weighted by Crippen LogP contribution is 2.07. The molecule has 2 N–H and O–H groups in total. The van der Waals surface area contributed by atoms with E-state index in [-0.39, 0.29) is 12.4 Å². The third kappa shape index (κ3) is 2.85. The maximum absolute atomic E-state index is 9.58. The van der Waals surface area contributed by atoms with Crippen molar-refractivity contribution in [3.63, 3.8) is 0 Å². The van der Waals surface area contributed by atoms with Crippen LogP contribution in [0.25, 0.3) is 0 Å². The molecule has 0 fully saturated rings. The van der Waals surface area contributed by atoms with Gasteiger partial charge in [-0.05, 0) is 5.56 Å². The van der Waals surface area contributed by atoms with Crippen LogP contribution in [0, 0.1) is 0 Å². The van der Waals surface area contributed by atoms with Gasteiger partial charge in [0.25, 0.3) is 0 Å². The van der Waals surface area contributed by atoms with Gasteiger partial charge in [-0.15, -0.1) is 10.2 Å². The highest BCUT2D eigenvalue weighted by atomic mass is 16.5. The number of aliphatic hydroxyl groups is 1. The number of hydrogen-bond donors (Lipinski definition) is 2. The molecule has 84 valence electrons. The van der Waals surface area contributed by atoms with Crippen LogP contribution in [0.15, 0.2) is 30.3 Å². The summed E-state index contributed by atoms with van der Waals surface area (Å²) in [6.07, 6.45) is -0.845. The predicted molar refractivity (Wildman–Crippen MR) is 55.2 cm³/mol. The van der Waals surface area contributed by atoms with E-state index in [1.165, 1.54) is 0 Å². The van der Waals surface area contributed by atoms with Gasteiger partial charge in [0.05, 0.1) is 13.2 Å². The Hall–Kier alpha value is -1.79. The van der Waals surface area contributed by atoms with Gasteiger partial charge in [-0.25, -0.2) is 0 Å². The van der Waals surface area contributed by atoms with Gasteiger partial charge in [0.1, 0.15) is 6.10 Å². The molecule has 1 aromatic carbocycles. The van der Waals surface area contributed by atoms with Gasteiger partial charge < -0.3 is 9.84 Å². The minimum Gasteiger partial charge on any atom is -0.383 e. The van der Waals surface area contributed by atoms with E-state index in [0.717, 1.165) is 5.56 Å². The summed E-state index contributed by atoms with van der Waals surface area (Å²) >= 11 is 0. The van der Waals surface area contributed by atoms with Crippen LogP contribution in [0.3, 0.4) is 0 Å². The number of tetrazole rings is 1. The Kier molecular flexibility index (Phi) is 3.58. The Morgan fingerprint density at radius 1 is 1.31 bits per heavy atom. The molecule has 0 spiro atoms. The molecular weight excluding hydrogens is 208 g/mol. The molecule has 1 unspecified atom stereocenters. The Labute approximate surface area is 92.3 Å². The normalized spacial score (nSPS) is 12.6. The van der Waals surface area contributed by atoms with Gasteiger partial charge in [0.15, 0.2) is 0 Å². The number of rotatable bonds is 5. The first-order chi connectivity index (χ1) is 7.86. The van der Waals surface area contributed by atoms with Gasteiger partial charge in [0.2, 0.25) is 5.82 Å². The van der Waals surface area contributed by atoms with Crippen LogP contribution in [-0.2, 0) is 11.3 Å². The molecule has 1 heterocycles. The van der Waals surface area contributed by atoms with Crippen molar-refractivity contribution in [3.8, 4) is 0 Å². The first-order valence-corrected chi connectivity index (χ1v) is 4.89. The van der Waals surface area contributed by atoms with Crippen LogP contribution in [0.4, 0.5) is 0 Å². The zero-order valence-corrected chi connectivity index (χ0v) is 8.58. The van der Waals surface area contributed by atoms with E-state index < -0.39 is 6.10 Å². The molecule has 0 bridgehead atoms. The average Bonchev–Trinajstić information content (AvgIpc) is 2.84. The minimum atomic E-state index is -0.845. The van der Waals surface area contributed by atoms with Crippen LogP contribution in [0.5, 0.6) is 0 Å². The Morgan fingerprint density at radius 3 is 2.81 bits per heavy atom. The van der Waals surface area contributed by atoms with Crippen molar-refractivity contribution in [1.29, 1.82) is 0 Å². The number of ether oxygens (including phenoxy) is 1. The Balaban J connectivity index is 1.76. The van der Waals surface area contributed by atoms with E-state index in [1.54, 1.807) is 0 Å². The van der Waals surface area contributed by atoms with Crippen molar-refractivity contribution in [3.05, 3.63) is 41.7 Å². The summed E-state index contributed by atoms with van der Waals surface area (Å²) in [5, 5.41) is 22.5. The number of nitrogens with one attached hydrogen (secondary N) is 1. The molecule has 0 radical (unpaired) electrons. The van der Waals surface area contributed by atoms with E-state index >= 15 is 0 Å². The molecule has 0 amide bonds. The molecule has 0 saturated heterocycles. The monoisotopic (exact) mass is 220 g/mol. The summed E-state index contributed by atoms with van der Waals surface area (Å²) in [6.45, 7) is 0.601. The number of hydrogen-bond acceptors (Lipinski definition) is 5. The standard InChI is InChI=1S/C10H12N4O2/c15-9(10-11-13-14-12-10)7-16-6-8-4-2-1-3-5-8/h1-5,9,15H,6-7H2,(H,11,12,13,14). The fourth-order valence-corrected chi connectivity index (χ4v) is 1.25. The van der Waals surface area contributed by atoms with Crippen molar-refractivity contribution in [2.45, 2.75) is 12.7 Å². The van der Waals surface area contributed by atoms with Crippen LogP contribution >= 0.6 is 0 Å². The van der Waals surface area contributed by atoms with E-state index in [0.29, 0.717) is 6.61 Å². The van der Waals surface area contributed by atoms with Crippen molar-refractivity contribution < 1.29 is 9.84 Å². The number of benzene rings is 1. The van der Waals surface area contributed by atoms with Crippen molar-refractivity contribution in [2.75, 3.05) is 6.61 Å². The molecule has 1 atom stereocenters. The molecule has 2 rings (SSSR count). The largest absolute Gasteiger partial charge is 0.383 e. The molecular formula is C10H12N4O2. The quantitative estimate of drug-likeness (QED) is 0.764. The lowest BCUT2D eigenvalue weighted by Crippen LogP contribution is -2.09. The minimum absolute atomic E-state index is 0.147. The zero-order chi connectivity index (χ0) is 11.2. The molecule has 2 aromatic rings. The number of H-pyrrole nitrogens is 1. The number of nitrogens with zero attached hydrogens (tertiary/aromatic N) is 3. The molecule has 0 aliphatic rings. The van der Waals surface area contributed by atoms with Crippen LogP contribution in [0.1, 0.15) is 17.5 Å². The summed E-state index contributed by atoms with van der Waals surface area (Å²) in [7, 11) is 0. The number of aromatic amines is 1. The predicted octanol–water partition coefficient (Wildman–Crippen LogP) is 0.450. The first-order valence-electron chi connectivity index (χ1n) is 4.89. The second-order valence-electron chi connectivity index (χ2n) is 3.29. The van der Waals surface area contributed by atoms with E-state index in [2.05, 4.69) is 20.6 Å². The lowest BCUT2D eigenvalue weighted by Gasteiger charge is -2.07. The average molecular weight is 220 g/mol. The van der Waals surface area contributed by atoms with Gasteiger partial charge >= 0.3 is 0 Å². The third-order valence-corrected chi connectivity index (χ3v) is 2.05. The summed E-state index contributed by atoms with van der Waals surface area (Å²) in [4.78, 5) is 0. The van der Waals surface area contributed by atoms with Gasteiger partial charge in [-0.2, -0.15) is 5.21 Å². The molecule has 0 saturated carbocycles. The van der Waals surface area contributed by atoms with Crippen molar-refractivity contribution >= 4 is 0 Å². The third-order valence-electron chi connectivity index (χ3n) is 2.05. The summed E-state index contributed by atoms with van der Waals surface area (Å²) in [5.41, 5.74) is 1.06. The number of aliphatic hydroxyl groups excluding tert-OH is 1. The molecule has 0 aliphatic carbocycles. The topological polar surface area (TPSA) is 83.9 Å². The van der Waals surface area contributed by atoms with E-state index in [1.807, 2.05) is 30.3 Å². The molecule has 6 nitrogen and oxygen atoms in total. The number of aromatic nitrogens is 4. The van der Waals surface area contributed by atoms with Gasteiger partial charge in [-0.1, -0.05) is 35.5 Å². The molecule has 0 aliphatic heterocycles. The SMILES string of the molecule is OC(COCc1ccccc1)c1nn[nH]n1. The molecule has 6 heteroatoms. The van der Waals surface area contributed by atoms with E-state index in [4.69, 9.17) is 4.74 Å². The smallest absolute Gasteiger partial charge is 0.205 e. The second kappa shape index (κ2) is 5.34. The van der Waals surface area contributed by atoms with Crippen LogP contribution in [0.2, 0.25) is 0 Å². The van der Waals surface area contributed by atoms with Crippen molar-refractivity contribution in [2.24, 2.45) is 0 Å². The Bertz CT molecular complexity index is 404. The molecule has 16 heavy (non-hydrogen) atoms. The summed E-state index contributed by atoms with van der Waals surface area (Å²) in [6, 6.07) is 9.74. The lowest BCUT2D eigenvalue weighted by atomic mass is 10.2. The molecule has 1 aromatic heterocycles. The highest BCUT2D eigenvalue weighted by molar-refractivity contribution is 5.13. The maximum atomic E-state index is 9.58. The fraction of sp³-hybridized carbons (Fsp3) is 0.300. The van der Waals surface area contributed by atoms with E-state index in [9.17, 15) is 5.11 Å². The summed E-state index contributed by atoms with van der Waals surface area (Å²) < 4.78 is 5.33. The van der Waals surface area contributed by atoms with Gasteiger partial charge in [0, 0.05) is 0 Å². The maximum Gasteiger partial charge on any atom is 0.205 e. The second-order valence-corrected chi connectivity index (χ2v) is 3.29. The Morgan fingerprint density at radius 2 is 2.12 bits per heavy atom. The van der Waals surface area contributed by atoms with Crippen LogP contribution < -0.4 is 0 Å². The van der Waals surface area contributed by atoms with Gasteiger partial charge in [-0.3, -0.25) is 0 Å². The zero-order valence-electron chi connectivity index (χ0n) is 8.58. The van der Waals surface area contributed by atoms with Crippen LogP contribution in [-0.4, -0.2) is 32.3 Å². The first kappa shape index (κ1) is 10.7. The van der Waals surface area contributed by atoms with Crippen molar-refractivity contribution in [1.82, 2.24) is 20.6 Å². The highest BCUT2D eigenvalue weighted by Gasteiger charge is 2.11. The lowest BCUT2D eigenvalue weighted by molar-refractivity contribution is 0.0235. The fourth-order valence-electron chi connectivity index (χ4n) is 1.25. The summed E-state index contributed by atoms with van der Waals surface area (Å²) in [5.74, 6) is 0.244.